The van der Waals surface area contributed by atoms with E-state index in [2.05, 4.69) is 15.6 Å². The van der Waals surface area contributed by atoms with Crippen molar-refractivity contribution in [2.45, 2.75) is 18.4 Å². The van der Waals surface area contributed by atoms with Crippen molar-refractivity contribution in [3.8, 4) is 0 Å². The number of guanidine groups is 1. The largest absolute Gasteiger partial charge is 0.347 e. The van der Waals surface area contributed by atoms with Gasteiger partial charge in [-0.05, 0) is 30.5 Å². The molecule has 116 valence electrons. The second-order valence-corrected chi connectivity index (χ2v) is 5.32. The summed E-state index contributed by atoms with van der Waals surface area (Å²) in [7, 11) is 0. The zero-order valence-corrected chi connectivity index (χ0v) is 11.6. The monoisotopic (exact) mass is 307 g/mol. The van der Waals surface area contributed by atoms with Crippen LogP contribution in [0.3, 0.4) is 0 Å². The molecule has 1 aromatic rings. The van der Waals surface area contributed by atoms with E-state index in [4.69, 9.17) is 5.84 Å². The first-order valence-electron chi connectivity index (χ1n) is 6.78. The summed E-state index contributed by atoms with van der Waals surface area (Å²) >= 11 is 0. The van der Waals surface area contributed by atoms with Gasteiger partial charge in [0.15, 0.2) is 5.96 Å². The molecular formula is C14H15F2N5O. The Morgan fingerprint density at radius 1 is 1.27 bits per heavy atom. The molecule has 0 atom stereocenters. The Bertz CT molecular complexity index is 662. The van der Waals surface area contributed by atoms with E-state index in [-0.39, 0.29) is 6.54 Å². The van der Waals surface area contributed by atoms with Crippen LogP contribution in [-0.2, 0) is 10.3 Å². The minimum atomic E-state index is -0.608. The van der Waals surface area contributed by atoms with Crippen molar-refractivity contribution < 1.29 is 13.6 Å². The molecule has 22 heavy (non-hydrogen) atoms. The lowest BCUT2D eigenvalue weighted by Crippen LogP contribution is -2.44. The summed E-state index contributed by atoms with van der Waals surface area (Å²) in [5.41, 5.74) is 2.45. The molecule has 0 radical (unpaired) electrons. The van der Waals surface area contributed by atoms with Crippen LogP contribution in [0.25, 0.3) is 0 Å². The zero-order valence-electron chi connectivity index (χ0n) is 11.6. The molecule has 3 rings (SSSR count). The number of nitrogens with two attached hydrogens (primary N) is 1. The fourth-order valence-corrected chi connectivity index (χ4v) is 2.38. The first kappa shape index (κ1) is 14.5. The van der Waals surface area contributed by atoms with Crippen LogP contribution in [-0.4, -0.2) is 18.4 Å². The second-order valence-electron chi connectivity index (χ2n) is 5.32. The summed E-state index contributed by atoms with van der Waals surface area (Å²) in [5, 5.41) is 6.01. The number of benzene rings is 1. The third-order valence-corrected chi connectivity index (χ3v) is 3.74. The summed E-state index contributed by atoms with van der Waals surface area (Å²) in [6, 6.07) is 3.47. The summed E-state index contributed by atoms with van der Waals surface area (Å²) in [6.07, 6.45) is 2.99. The van der Waals surface area contributed by atoms with Gasteiger partial charge in [-0.2, -0.15) is 0 Å². The van der Waals surface area contributed by atoms with Crippen molar-refractivity contribution in [1.29, 1.82) is 0 Å². The Hall–Kier alpha value is -2.48. The number of halogens is 2. The van der Waals surface area contributed by atoms with Crippen LogP contribution >= 0.6 is 0 Å². The van der Waals surface area contributed by atoms with Gasteiger partial charge in [-0.25, -0.2) is 19.6 Å². The maximum Gasteiger partial charge on any atom is 0.264 e. The molecule has 1 fully saturated rings. The van der Waals surface area contributed by atoms with Gasteiger partial charge in [0.2, 0.25) is 0 Å². The van der Waals surface area contributed by atoms with E-state index in [1.54, 1.807) is 0 Å². The summed E-state index contributed by atoms with van der Waals surface area (Å²) in [4.78, 5) is 15.5. The summed E-state index contributed by atoms with van der Waals surface area (Å²) in [6.45, 7) is 0.173. The van der Waals surface area contributed by atoms with Crippen molar-refractivity contribution in [2.75, 3.05) is 6.54 Å². The lowest BCUT2D eigenvalue weighted by Gasteiger charge is -2.23. The highest BCUT2D eigenvalue weighted by Crippen LogP contribution is 2.45. The predicted octanol–water partition coefficient (Wildman–Crippen LogP) is 0.376. The molecule has 5 N–H and O–H groups in total. The zero-order chi connectivity index (χ0) is 15.7. The van der Waals surface area contributed by atoms with Crippen LogP contribution in [0.5, 0.6) is 0 Å². The van der Waals surface area contributed by atoms with Gasteiger partial charge in [0.25, 0.3) is 5.91 Å². The Balaban J connectivity index is 1.72. The normalized spacial score (nSPS) is 18.7. The van der Waals surface area contributed by atoms with Gasteiger partial charge < -0.3 is 10.6 Å². The van der Waals surface area contributed by atoms with E-state index in [1.165, 1.54) is 18.3 Å². The SMILES string of the molecule is NNC(=O)C1=CNC(NC2(c3cc(F)cc(F)c3)CC2)=NC1. The highest BCUT2D eigenvalue weighted by molar-refractivity contribution is 5.96. The topological polar surface area (TPSA) is 91.5 Å². The van der Waals surface area contributed by atoms with Gasteiger partial charge in [-0.15, -0.1) is 0 Å². The summed E-state index contributed by atoms with van der Waals surface area (Å²) < 4.78 is 26.7. The average molecular weight is 307 g/mol. The van der Waals surface area contributed by atoms with E-state index >= 15 is 0 Å². The van der Waals surface area contributed by atoms with Gasteiger partial charge in [-0.3, -0.25) is 10.2 Å². The molecule has 0 spiro atoms. The summed E-state index contributed by atoms with van der Waals surface area (Å²) in [5.74, 6) is 3.88. The standard InChI is InChI=1S/C14H15F2N5O/c15-10-3-9(4-11(16)5-10)14(1-2-14)20-13-18-6-8(7-19-13)12(22)21-17/h3-6H,1-2,7,17H2,(H,21,22)(H2,18,19,20). The smallest absolute Gasteiger partial charge is 0.264 e. The van der Waals surface area contributed by atoms with E-state index in [0.29, 0.717) is 17.1 Å². The number of hydrogen-bond acceptors (Lipinski definition) is 5. The number of carbonyl (C=O) groups is 1. The molecule has 6 nitrogen and oxygen atoms in total. The molecule has 1 aromatic carbocycles. The minimum absolute atomic E-state index is 0.173. The highest BCUT2D eigenvalue weighted by atomic mass is 19.1. The van der Waals surface area contributed by atoms with Crippen LogP contribution < -0.4 is 21.9 Å². The molecule has 0 bridgehead atoms. The predicted molar refractivity (Wildman–Crippen MR) is 76.3 cm³/mol. The highest BCUT2D eigenvalue weighted by Gasteiger charge is 2.45. The van der Waals surface area contributed by atoms with Crippen molar-refractivity contribution in [2.24, 2.45) is 10.8 Å². The van der Waals surface area contributed by atoms with Gasteiger partial charge in [0.1, 0.15) is 11.6 Å². The lowest BCUT2D eigenvalue weighted by molar-refractivity contribution is -0.117. The van der Waals surface area contributed by atoms with E-state index < -0.39 is 23.1 Å². The molecule has 1 heterocycles. The fraction of sp³-hybridized carbons (Fsp3) is 0.286. The minimum Gasteiger partial charge on any atom is -0.347 e. The van der Waals surface area contributed by atoms with Crippen LogP contribution in [0, 0.1) is 11.6 Å². The molecular weight excluding hydrogens is 292 g/mol. The third-order valence-electron chi connectivity index (χ3n) is 3.74. The lowest BCUT2D eigenvalue weighted by atomic mass is 10.0. The molecule has 0 aromatic heterocycles. The van der Waals surface area contributed by atoms with Crippen molar-refractivity contribution in [1.82, 2.24) is 16.1 Å². The Morgan fingerprint density at radius 2 is 1.95 bits per heavy atom. The number of hydrazine groups is 1. The number of nitrogens with one attached hydrogen (secondary N) is 3. The molecule has 1 saturated carbocycles. The van der Waals surface area contributed by atoms with Crippen molar-refractivity contribution in [3.05, 3.63) is 47.2 Å². The third kappa shape index (κ3) is 2.77. The number of rotatable bonds is 3. The maximum atomic E-state index is 13.4. The first-order valence-corrected chi connectivity index (χ1v) is 6.78. The Kier molecular flexibility index (Phi) is 3.53. The van der Waals surface area contributed by atoms with Crippen LogP contribution in [0.1, 0.15) is 18.4 Å². The quantitative estimate of drug-likeness (QED) is 0.369. The van der Waals surface area contributed by atoms with E-state index in [1.807, 2.05) is 5.43 Å². The number of aliphatic imine (C=N–C) groups is 1. The van der Waals surface area contributed by atoms with Gasteiger partial charge >= 0.3 is 0 Å². The second kappa shape index (κ2) is 5.38. The molecule has 1 aliphatic carbocycles. The molecule has 1 aliphatic heterocycles. The van der Waals surface area contributed by atoms with E-state index in [9.17, 15) is 13.6 Å². The first-order chi connectivity index (χ1) is 10.5. The molecule has 0 unspecified atom stereocenters. The maximum absolute atomic E-state index is 13.4. The van der Waals surface area contributed by atoms with Crippen molar-refractivity contribution in [3.63, 3.8) is 0 Å². The van der Waals surface area contributed by atoms with Gasteiger partial charge in [-0.1, -0.05) is 0 Å². The van der Waals surface area contributed by atoms with Crippen LogP contribution in [0.4, 0.5) is 8.78 Å². The molecule has 0 saturated heterocycles. The van der Waals surface area contributed by atoms with Crippen LogP contribution in [0.2, 0.25) is 0 Å². The van der Waals surface area contributed by atoms with Crippen molar-refractivity contribution >= 4 is 11.9 Å². The van der Waals surface area contributed by atoms with Gasteiger partial charge in [0.05, 0.1) is 17.7 Å². The fourth-order valence-electron chi connectivity index (χ4n) is 2.38. The van der Waals surface area contributed by atoms with Gasteiger partial charge in [0, 0.05) is 12.3 Å². The number of amides is 1. The number of carbonyl (C=O) groups excluding carboxylic acids is 1. The molecule has 8 heteroatoms. The Morgan fingerprint density at radius 3 is 2.45 bits per heavy atom. The number of nitrogens with zero attached hydrogens (tertiary/aromatic N) is 1. The number of hydrogen-bond donors (Lipinski definition) is 4. The Labute approximate surface area is 125 Å². The molecule has 1 amide bonds. The van der Waals surface area contributed by atoms with E-state index in [0.717, 1.165) is 18.9 Å². The van der Waals surface area contributed by atoms with Crippen LogP contribution in [0.15, 0.2) is 35.0 Å². The molecule has 2 aliphatic rings. The average Bonchev–Trinajstić information content (AvgIpc) is 3.27.